The summed E-state index contributed by atoms with van der Waals surface area (Å²) in [5, 5.41) is 14.8. The van der Waals surface area contributed by atoms with Gasteiger partial charge in [-0.15, -0.1) is 0 Å². The van der Waals surface area contributed by atoms with Crippen molar-refractivity contribution in [1.29, 1.82) is 0 Å². The van der Waals surface area contributed by atoms with E-state index in [1.807, 2.05) is 30.3 Å². The number of benzene rings is 3. The Hall–Kier alpha value is -2.71. The maximum atomic E-state index is 11.6. The predicted molar refractivity (Wildman–Crippen MR) is 135 cm³/mol. The molecule has 1 fully saturated rings. The highest BCUT2D eigenvalue weighted by Gasteiger charge is 2.30. The monoisotopic (exact) mass is 449 g/mol. The van der Waals surface area contributed by atoms with Crippen LogP contribution in [0.15, 0.2) is 54.6 Å². The van der Waals surface area contributed by atoms with Crippen LogP contribution >= 0.6 is 7.92 Å². The van der Waals surface area contributed by atoms with E-state index in [1.54, 1.807) is 14.2 Å². The second-order valence-electron chi connectivity index (χ2n) is 8.28. The largest absolute Gasteiger partial charge is 0.505 e. The molecule has 0 amide bonds. The summed E-state index contributed by atoms with van der Waals surface area (Å²) in [6.07, 6.45) is 3.58. The van der Waals surface area contributed by atoms with Gasteiger partial charge in [0, 0.05) is 29.0 Å². The van der Waals surface area contributed by atoms with Crippen molar-refractivity contribution >= 4 is 29.5 Å². The number of hydrogen-bond acceptors (Lipinski definition) is 4. The average Bonchev–Trinajstić information content (AvgIpc) is 2.82. The first-order chi connectivity index (χ1) is 15.6. The standard InChI is InChI=1S/C27H32NO3P/c1-19-11-8-14-22(30-3)26(19)32(27-20(2)12-9-15-23(27)31-4)24-16-10-13-21(25(24)29)28-17-6-5-7-18-28/h8-16,29H,5-7,17-18H2,1-4H3. The first-order valence-corrected chi connectivity index (χ1v) is 12.5. The van der Waals surface area contributed by atoms with Crippen LogP contribution in [0.25, 0.3) is 0 Å². The zero-order chi connectivity index (χ0) is 22.7. The fourth-order valence-electron chi connectivity index (χ4n) is 4.61. The van der Waals surface area contributed by atoms with Crippen molar-refractivity contribution in [2.75, 3.05) is 32.2 Å². The van der Waals surface area contributed by atoms with Crippen molar-refractivity contribution < 1.29 is 14.6 Å². The molecule has 1 saturated heterocycles. The lowest BCUT2D eigenvalue weighted by atomic mass is 10.1. The van der Waals surface area contributed by atoms with Crippen LogP contribution in [0.2, 0.25) is 0 Å². The number of hydrogen-bond donors (Lipinski definition) is 1. The number of phenolic OH excluding ortho intramolecular Hbond substituents is 1. The van der Waals surface area contributed by atoms with E-state index < -0.39 is 7.92 Å². The number of phenols is 1. The number of piperidine rings is 1. The molecule has 1 aliphatic heterocycles. The van der Waals surface area contributed by atoms with E-state index in [0.29, 0.717) is 5.75 Å². The Bertz CT molecular complexity index is 1040. The zero-order valence-electron chi connectivity index (χ0n) is 19.4. The minimum atomic E-state index is -1.13. The van der Waals surface area contributed by atoms with Crippen LogP contribution in [-0.4, -0.2) is 32.4 Å². The Kier molecular flexibility index (Phi) is 6.91. The van der Waals surface area contributed by atoms with Gasteiger partial charge in [0.2, 0.25) is 0 Å². The second kappa shape index (κ2) is 9.83. The molecular formula is C27H32NO3P. The summed E-state index contributed by atoms with van der Waals surface area (Å²) in [7, 11) is 2.30. The van der Waals surface area contributed by atoms with Gasteiger partial charge in [0.05, 0.1) is 19.9 Å². The summed E-state index contributed by atoms with van der Waals surface area (Å²) in [6, 6.07) is 18.5. The maximum Gasteiger partial charge on any atom is 0.147 e. The van der Waals surface area contributed by atoms with Gasteiger partial charge in [-0.25, -0.2) is 0 Å². The van der Waals surface area contributed by atoms with Crippen molar-refractivity contribution in [2.24, 2.45) is 0 Å². The van der Waals surface area contributed by atoms with Gasteiger partial charge in [0.15, 0.2) is 0 Å². The topological polar surface area (TPSA) is 41.9 Å². The third kappa shape index (κ3) is 4.17. The van der Waals surface area contributed by atoms with Crippen molar-refractivity contribution in [3.63, 3.8) is 0 Å². The van der Waals surface area contributed by atoms with Gasteiger partial charge < -0.3 is 19.5 Å². The smallest absolute Gasteiger partial charge is 0.147 e. The van der Waals surface area contributed by atoms with E-state index in [1.165, 1.54) is 6.42 Å². The normalized spacial score (nSPS) is 14.0. The highest BCUT2D eigenvalue weighted by atomic mass is 31.1. The number of aryl methyl sites for hydroxylation is 2. The number of para-hydroxylation sites is 1. The Balaban J connectivity index is 1.99. The molecule has 1 aliphatic rings. The molecule has 4 nitrogen and oxygen atoms in total. The van der Waals surface area contributed by atoms with Crippen molar-refractivity contribution in [3.8, 4) is 17.2 Å². The van der Waals surface area contributed by atoms with Crippen LogP contribution in [0.3, 0.4) is 0 Å². The Morgan fingerprint density at radius 2 is 1.28 bits per heavy atom. The van der Waals surface area contributed by atoms with Gasteiger partial charge >= 0.3 is 0 Å². The summed E-state index contributed by atoms with van der Waals surface area (Å²) >= 11 is 0. The minimum absolute atomic E-state index is 0.371. The van der Waals surface area contributed by atoms with E-state index in [2.05, 4.69) is 43.0 Å². The van der Waals surface area contributed by atoms with Gasteiger partial charge in [0.25, 0.3) is 0 Å². The highest BCUT2D eigenvalue weighted by molar-refractivity contribution is 7.80. The lowest BCUT2D eigenvalue weighted by Gasteiger charge is -2.32. The molecule has 3 aromatic rings. The molecule has 1 N–H and O–H groups in total. The molecule has 0 bridgehead atoms. The molecule has 0 atom stereocenters. The number of anilines is 1. The molecule has 0 aliphatic carbocycles. The molecule has 3 aromatic carbocycles. The third-order valence-corrected chi connectivity index (χ3v) is 9.10. The van der Waals surface area contributed by atoms with E-state index in [0.717, 1.165) is 70.2 Å². The summed E-state index contributed by atoms with van der Waals surface area (Å²) in [4.78, 5) is 2.32. The van der Waals surface area contributed by atoms with Gasteiger partial charge in [-0.05, 0) is 76.4 Å². The highest BCUT2D eigenvalue weighted by Crippen LogP contribution is 2.46. The van der Waals surface area contributed by atoms with Gasteiger partial charge in [-0.3, -0.25) is 0 Å². The SMILES string of the molecule is COc1cccc(C)c1P(c1cccc(N2CCCCC2)c1O)c1c(C)cccc1OC. The van der Waals surface area contributed by atoms with Crippen molar-refractivity contribution in [2.45, 2.75) is 33.1 Å². The molecule has 0 aromatic heterocycles. The van der Waals surface area contributed by atoms with Crippen LogP contribution < -0.4 is 30.3 Å². The predicted octanol–water partition coefficient (Wildman–Crippen LogP) is 4.77. The number of aromatic hydroxyl groups is 1. The number of methoxy groups -OCH3 is 2. The Morgan fingerprint density at radius 1 is 0.750 bits per heavy atom. The quantitative estimate of drug-likeness (QED) is 0.551. The maximum absolute atomic E-state index is 11.6. The van der Waals surface area contributed by atoms with E-state index >= 15 is 0 Å². The fraction of sp³-hybridized carbons (Fsp3) is 0.333. The molecule has 0 saturated carbocycles. The van der Waals surface area contributed by atoms with E-state index in [4.69, 9.17) is 9.47 Å². The molecule has 5 heteroatoms. The first-order valence-electron chi connectivity index (χ1n) is 11.2. The van der Waals surface area contributed by atoms with Gasteiger partial charge in [-0.2, -0.15) is 0 Å². The molecular weight excluding hydrogens is 417 g/mol. The molecule has 1 heterocycles. The lowest BCUT2D eigenvalue weighted by Crippen LogP contribution is -2.31. The van der Waals surface area contributed by atoms with Crippen LogP contribution in [0, 0.1) is 13.8 Å². The number of ether oxygens (including phenoxy) is 2. The number of nitrogens with zero attached hydrogens (tertiary/aromatic N) is 1. The first kappa shape index (κ1) is 22.5. The summed E-state index contributed by atoms with van der Waals surface area (Å²) < 4.78 is 11.7. The Morgan fingerprint density at radius 3 is 1.81 bits per heavy atom. The van der Waals surface area contributed by atoms with Crippen molar-refractivity contribution in [1.82, 2.24) is 0 Å². The van der Waals surface area contributed by atoms with Crippen molar-refractivity contribution in [3.05, 3.63) is 65.7 Å². The fourth-order valence-corrected chi connectivity index (χ4v) is 7.50. The molecule has 0 spiro atoms. The summed E-state index contributed by atoms with van der Waals surface area (Å²) in [5.41, 5.74) is 3.21. The Labute approximate surface area is 192 Å². The molecule has 0 radical (unpaired) electrons. The van der Waals surface area contributed by atoms with Crippen LogP contribution in [-0.2, 0) is 0 Å². The molecule has 0 unspecified atom stereocenters. The van der Waals surface area contributed by atoms with Crippen LogP contribution in [0.1, 0.15) is 30.4 Å². The summed E-state index contributed by atoms with van der Waals surface area (Å²) in [6.45, 7) is 6.19. The second-order valence-corrected chi connectivity index (χ2v) is 10.3. The average molecular weight is 450 g/mol. The molecule has 4 rings (SSSR count). The lowest BCUT2D eigenvalue weighted by molar-refractivity contribution is 0.417. The zero-order valence-corrected chi connectivity index (χ0v) is 20.3. The van der Waals surface area contributed by atoms with Gasteiger partial charge in [0.1, 0.15) is 17.2 Å². The van der Waals surface area contributed by atoms with Gasteiger partial charge in [-0.1, -0.05) is 30.3 Å². The van der Waals surface area contributed by atoms with E-state index in [-0.39, 0.29) is 0 Å². The molecule has 168 valence electrons. The number of rotatable bonds is 6. The molecule has 32 heavy (non-hydrogen) atoms. The van der Waals surface area contributed by atoms with Crippen LogP contribution in [0.4, 0.5) is 5.69 Å². The van der Waals surface area contributed by atoms with Crippen LogP contribution in [0.5, 0.6) is 17.2 Å². The minimum Gasteiger partial charge on any atom is -0.505 e. The summed E-state index contributed by atoms with van der Waals surface area (Å²) in [5.74, 6) is 2.05. The van der Waals surface area contributed by atoms with E-state index in [9.17, 15) is 5.11 Å². The third-order valence-electron chi connectivity index (χ3n) is 6.22.